The van der Waals surface area contributed by atoms with Gasteiger partial charge in [0.05, 0.1) is 6.07 Å². The van der Waals surface area contributed by atoms with Crippen LogP contribution in [0.15, 0.2) is 30.3 Å². The van der Waals surface area contributed by atoms with Crippen molar-refractivity contribution in [2.45, 2.75) is 51.3 Å². The summed E-state index contributed by atoms with van der Waals surface area (Å²) in [5.41, 5.74) is 0.427. The van der Waals surface area contributed by atoms with Crippen molar-refractivity contribution in [1.82, 2.24) is 4.90 Å². The number of esters is 1. The van der Waals surface area contributed by atoms with Crippen LogP contribution < -0.4 is 0 Å². The third kappa shape index (κ3) is 3.83. The average Bonchev–Trinajstić information content (AvgIpc) is 2.88. The minimum absolute atomic E-state index is 0.226. The predicted octanol–water partition coefficient (Wildman–Crippen LogP) is 3.06. The molecule has 0 unspecified atom stereocenters. The van der Waals surface area contributed by atoms with Crippen LogP contribution in [-0.4, -0.2) is 29.1 Å². The van der Waals surface area contributed by atoms with E-state index in [9.17, 15) is 10.1 Å². The lowest BCUT2D eigenvalue weighted by Crippen LogP contribution is -2.42. The summed E-state index contributed by atoms with van der Waals surface area (Å²) in [6, 6.07) is 11.2. The largest absolute Gasteiger partial charge is 0.459 e. The quantitative estimate of drug-likeness (QED) is 0.801. The van der Waals surface area contributed by atoms with E-state index < -0.39 is 11.6 Å². The molecule has 1 fully saturated rings. The van der Waals surface area contributed by atoms with Gasteiger partial charge in [-0.2, -0.15) is 5.26 Å². The normalized spacial score (nSPS) is 20.8. The molecule has 0 bridgehead atoms. The second kappa shape index (κ2) is 6.28. The van der Waals surface area contributed by atoms with Crippen LogP contribution in [0.3, 0.4) is 0 Å². The summed E-state index contributed by atoms with van der Waals surface area (Å²) >= 11 is 0. The van der Waals surface area contributed by atoms with E-state index in [0.717, 1.165) is 24.9 Å². The van der Waals surface area contributed by atoms with Gasteiger partial charge in [-0.05, 0) is 39.2 Å². The molecule has 21 heavy (non-hydrogen) atoms. The number of ether oxygens (including phenoxy) is 1. The smallest absolute Gasteiger partial charge is 0.323 e. The van der Waals surface area contributed by atoms with Gasteiger partial charge in [0, 0.05) is 6.54 Å². The Morgan fingerprint density at radius 1 is 1.38 bits per heavy atom. The summed E-state index contributed by atoms with van der Waals surface area (Å²) in [7, 11) is 0. The van der Waals surface area contributed by atoms with Gasteiger partial charge in [0.25, 0.3) is 0 Å². The van der Waals surface area contributed by atoms with Gasteiger partial charge >= 0.3 is 5.97 Å². The molecule has 112 valence electrons. The number of hydrogen-bond acceptors (Lipinski definition) is 4. The molecular formula is C17H22N2O2. The lowest BCUT2D eigenvalue weighted by Gasteiger charge is -2.30. The van der Waals surface area contributed by atoms with E-state index >= 15 is 0 Å². The predicted molar refractivity (Wildman–Crippen MR) is 80.4 cm³/mol. The van der Waals surface area contributed by atoms with E-state index in [4.69, 9.17) is 4.74 Å². The highest BCUT2D eigenvalue weighted by Crippen LogP contribution is 2.30. The Hall–Kier alpha value is -1.86. The van der Waals surface area contributed by atoms with Crippen LogP contribution in [0, 0.1) is 11.3 Å². The zero-order valence-electron chi connectivity index (χ0n) is 12.9. The third-order valence-electron chi connectivity index (χ3n) is 3.54. The number of benzene rings is 1. The molecule has 0 saturated carbocycles. The van der Waals surface area contributed by atoms with Gasteiger partial charge in [-0.3, -0.25) is 9.69 Å². The monoisotopic (exact) mass is 286 g/mol. The summed E-state index contributed by atoms with van der Waals surface area (Å²) in [4.78, 5) is 14.3. The zero-order chi connectivity index (χ0) is 15.5. The fourth-order valence-electron chi connectivity index (χ4n) is 2.70. The maximum Gasteiger partial charge on any atom is 0.323 e. The third-order valence-corrected chi connectivity index (χ3v) is 3.54. The molecule has 1 aromatic rings. The maximum atomic E-state index is 12.3. The lowest BCUT2D eigenvalue weighted by molar-refractivity contribution is -0.160. The van der Waals surface area contributed by atoms with Gasteiger partial charge in [-0.15, -0.1) is 0 Å². The molecular weight excluding hydrogens is 264 g/mol. The molecule has 0 aliphatic carbocycles. The number of likely N-dealkylation sites (tertiary alicyclic amines) is 1. The number of carbonyl (C=O) groups excluding carboxylic acids is 1. The van der Waals surface area contributed by atoms with Crippen molar-refractivity contribution in [2.75, 3.05) is 6.54 Å². The highest BCUT2D eigenvalue weighted by molar-refractivity contribution is 5.76. The molecule has 1 aromatic carbocycles. The first kappa shape index (κ1) is 15.5. The number of hydrogen-bond donors (Lipinski definition) is 0. The Kier molecular flexibility index (Phi) is 4.64. The van der Waals surface area contributed by atoms with Gasteiger partial charge in [0.2, 0.25) is 0 Å². The Morgan fingerprint density at radius 3 is 2.62 bits per heavy atom. The van der Waals surface area contributed by atoms with Crippen LogP contribution in [0.4, 0.5) is 0 Å². The Labute approximate surface area is 126 Å². The molecule has 1 saturated heterocycles. The summed E-state index contributed by atoms with van der Waals surface area (Å²) in [6.07, 6.45) is 1.66. The number of carbonyl (C=O) groups is 1. The van der Waals surface area contributed by atoms with Gasteiger partial charge in [-0.25, -0.2) is 0 Å². The second-order valence-electron chi connectivity index (χ2n) is 6.37. The molecule has 2 rings (SSSR count). The summed E-state index contributed by atoms with van der Waals surface area (Å²) in [6.45, 7) is 6.34. The highest BCUT2D eigenvalue weighted by atomic mass is 16.6. The van der Waals surface area contributed by atoms with E-state index in [2.05, 4.69) is 6.07 Å². The van der Waals surface area contributed by atoms with Crippen LogP contribution in [0.1, 0.15) is 45.2 Å². The van der Waals surface area contributed by atoms with Crippen molar-refractivity contribution in [3.05, 3.63) is 35.9 Å². The Balaban J connectivity index is 2.18. The molecule has 1 aliphatic rings. The fraction of sp³-hybridized carbons (Fsp3) is 0.529. The SMILES string of the molecule is CC(C)(C)OC(=O)[C@@H]1CCCN1[C@@H](C#N)c1ccccc1. The molecule has 4 heteroatoms. The van der Waals surface area contributed by atoms with E-state index in [1.165, 1.54) is 0 Å². The number of rotatable bonds is 3. The van der Waals surface area contributed by atoms with E-state index in [1.54, 1.807) is 0 Å². The summed E-state index contributed by atoms with van der Waals surface area (Å²) in [5.74, 6) is -0.226. The number of nitriles is 1. The topological polar surface area (TPSA) is 53.3 Å². The first-order valence-electron chi connectivity index (χ1n) is 7.35. The van der Waals surface area contributed by atoms with Crippen LogP contribution in [0.2, 0.25) is 0 Å². The fourth-order valence-corrected chi connectivity index (χ4v) is 2.70. The van der Waals surface area contributed by atoms with E-state index in [-0.39, 0.29) is 12.0 Å². The second-order valence-corrected chi connectivity index (χ2v) is 6.37. The van der Waals surface area contributed by atoms with Crippen molar-refractivity contribution >= 4 is 5.97 Å². The van der Waals surface area contributed by atoms with Crippen molar-refractivity contribution in [1.29, 1.82) is 5.26 Å². The van der Waals surface area contributed by atoms with Crippen molar-refractivity contribution in [3.8, 4) is 6.07 Å². The van der Waals surface area contributed by atoms with Gasteiger partial charge in [0.1, 0.15) is 17.7 Å². The maximum absolute atomic E-state index is 12.3. The molecule has 0 spiro atoms. The molecule has 1 aliphatic heterocycles. The molecule has 0 amide bonds. The molecule has 2 atom stereocenters. The standard InChI is InChI=1S/C17H22N2O2/c1-17(2,3)21-16(20)14-10-7-11-19(14)15(12-18)13-8-5-4-6-9-13/h4-6,8-9,14-15H,7,10-11H2,1-3H3/t14-,15-/m0/s1. The van der Waals surface area contributed by atoms with Crippen molar-refractivity contribution < 1.29 is 9.53 Å². The Bertz CT molecular complexity index is 528. The van der Waals surface area contributed by atoms with Gasteiger partial charge < -0.3 is 4.74 Å². The van der Waals surface area contributed by atoms with Crippen LogP contribution in [-0.2, 0) is 9.53 Å². The number of nitrogens with zero attached hydrogens (tertiary/aromatic N) is 2. The molecule has 1 heterocycles. The molecule has 0 radical (unpaired) electrons. The minimum atomic E-state index is -0.500. The first-order valence-corrected chi connectivity index (χ1v) is 7.35. The first-order chi connectivity index (χ1) is 9.92. The van der Waals surface area contributed by atoms with Gasteiger partial charge in [-0.1, -0.05) is 30.3 Å². The Morgan fingerprint density at radius 2 is 2.05 bits per heavy atom. The molecule has 4 nitrogen and oxygen atoms in total. The van der Waals surface area contributed by atoms with Crippen LogP contribution in [0.5, 0.6) is 0 Å². The van der Waals surface area contributed by atoms with Crippen molar-refractivity contribution in [2.24, 2.45) is 0 Å². The minimum Gasteiger partial charge on any atom is -0.459 e. The lowest BCUT2D eigenvalue weighted by atomic mass is 10.1. The van der Waals surface area contributed by atoms with Crippen LogP contribution >= 0.6 is 0 Å². The summed E-state index contributed by atoms with van der Waals surface area (Å²) in [5, 5.41) is 9.53. The van der Waals surface area contributed by atoms with E-state index in [1.807, 2.05) is 56.0 Å². The zero-order valence-corrected chi connectivity index (χ0v) is 12.9. The summed E-state index contributed by atoms with van der Waals surface area (Å²) < 4.78 is 5.49. The highest BCUT2D eigenvalue weighted by Gasteiger charge is 2.38. The van der Waals surface area contributed by atoms with Gasteiger partial charge in [0.15, 0.2) is 0 Å². The van der Waals surface area contributed by atoms with Crippen LogP contribution in [0.25, 0.3) is 0 Å². The van der Waals surface area contributed by atoms with E-state index in [0.29, 0.717) is 0 Å². The van der Waals surface area contributed by atoms with Crippen molar-refractivity contribution in [3.63, 3.8) is 0 Å². The molecule has 0 aromatic heterocycles. The average molecular weight is 286 g/mol. The molecule has 0 N–H and O–H groups in total.